The molecule has 20 heavy (non-hydrogen) atoms. The zero-order valence-electron chi connectivity index (χ0n) is 11.7. The van der Waals surface area contributed by atoms with E-state index in [1.165, 1.54) is 6.07 Å². The predicted octanol–water partition coefficient (Wildman–Crippen LogP) is 2.70. The van der Waals surface area contributed by atoms with E-state index in [4.69, 9.17) is 0 Å². The predicted molar refractivity (Wildman–Crippen MR) is 77.0 cm³/mol. The topological polar surface area (TPSA) is 84.3 Å². The van der Waals surface area contributed by atoms with Gasteiger partial charge < -0.3 is 10.6 Å². The molecule has 0 aromatic heterocycles. The van der Waals surface area contributed by atoms with Crippen molar-refractivity contribution in [1.82, 2.24) is 5.32 Å². The second-order valence-corrected chi connectivity index (χ2v) is 5.39. The first-order valence-electron chi connectivity index (χ1n) is 6.80. The van der Waals surface area contributed by atoms with Crippen molar-refractivity contribution in [3.8, 4) is 0 Å². The fraction of sp³-hybridized carbons (Fsp3) is 0.500. The second-order valence-electron chi connectivity index (χ2n) is 5.39. The van der Waals surface area contributed by atoms with Gasteiger partial charge in [0.1, 0.15) is 5.69 Å². The van der Waals surface area contributed by atoms with Crippen LogP contribution < -0.4 is 10.6 Å². The lowest BCUT2D eigenvalue weighted by atomic mass is 9.78. The van der Waals surface area contributed by atoms with Gasteiger partial charge in [-0.3, -0.25) is 14.9 Å². The number of carbonyl (C=O) groups is 1. The number of nitro benzene ring substituents is 1. The van der Waals surface area contributed by atoms with E-state index in [-0.39, 0.29) is 17.1 Å². The SMILES string of the molecule is CCNc1ccc(C(=O)NC2(C)CCC2)cc1[N+](=O)[O-]. The maximum Gasteiger partial charge on any atom is 0.293 e. The first-order valence-corrected chi connectivity index (χ1v) is 6.80. The molecule has 1 fully saturated rings. The number of nitrogens with one attached hydrogen (secondary N) is 2. The molecule has 2 rings (SSSR count). The van der Waals surface area contributed by atoms with Gasteiger partial charge in [-0.05, 0) is 45.2 Å². The molecule has 1 aliphatic rings. The average Bonchev–Trinajstić information content (AvgIpc) is 2.37. The third-order valence-electron chi connectivity index (χ3n) is 3.70. The third kappa shape index (κ3) is 2.89. The lowest BCUT2D eigenvalue weighted by Gasteiger charge is -2.39. The van der Waals surface area contributed by atoms with Crippen molar-refractivity contribution in [3.63, 3.8) is 0 Å². The van der Waals surface area contributed by atoms with Crippen LogP contribution in [0.15, 0.2) is 18.2 Å². The molecule has 1 aromatic rings. The fourth-order valence-electron chi connectivity index (χ4n) is 2.34. The highest BCUT2D eigenvalue weighted by Crippen LogP contribution is 2.32. The Balaban J connectivity index is 2.21. The molecular weight excluding hydrogens is 258 g/mol. The smallest absolute Gasteiger partial charge is 0.293 e. The van der Waals surface area contributed by atoms with Gasteiger partial charge in [-0.15, -0.1) is 0 Å². The summed E-state index contributed by atoms with van der Waals surface area (Å²) in [5.41, 5.74) is 0.528. The molecule has 1 saturated carbocycles. The Morgan fingerprint density at radius 1 is 1.45 bits per heavy atom. The van der Waals surface area contributed by atoms with E-state index < -0.39 is 4.92 Å². The minimum atomic E-state index is -0.472. The Bertz CT molecular complexity index is 538. The molecule has 6 nitrogen and oxygen atoms in total. The van der Waals surface area contributed by atoms with Crippen LogP contribution in [0.2, 0.25) is 0 Å². The summed E-state index contributed by atoms with van der Waals surface area (Å²) in [6, 6.07) is 4.53. The molecule has 0 heterocycles. The molecule has 1 aliphatic carbocycles. The summed E-state index contributed by atoms with van der Waals surface area (Å²) >= 11 is 0. The molecular formula is C14H19N3O3. The van der Waals surface area contributed by atoms with Gasteiger partial charge in [-0.1, -0.05) is 0 Å². The molecule has 0 radical (unpaired) electrons. The number of anilines is 1. The van der Waals surface area contributed by atoms with Crippen LogP contribution in [0.1, 0.15) is 43.5 Å². The number of amides is 1. The molecule has 1 amide bonds. The number of carbonyl (C=O) groups excluding carboxylic acids is 1. The number of hydrogen-bond donors (Lipinski definition) is 2. The van der Waals surface area contributed by atoms with Crippen LogP contribution in [0.25, 0.3) is 0 Å². The Morgan fingerprint density at radius 2 is 2.15 bits per heavy atom. The summed E-state index contributed by atoms with van der Waals surface area (Å²) in [6.45, 7) is 4.45. The van der Waals surface area contributed by atoms with E-state index in [2.05, 4.69) is 10.6 Å². The minimum absolute atomic E-state index is 0.0711. The largest absolute Gasteiger partial charge is 0.380 e. The highest BCUT2D eigenvalue weighted by Gasteiger charge is 2.33. The van der Waals surface area contributed by atoms with Crippen LogP contribution in [0, 0.1) is 10.1 Å². The van der Waals surface area contributed by atoms with E-state index in [1.807, 2.05) is 13.8 Å². The van der Waals surface area contributed by atoms with Gasteiger partial charge in [0.2, 0.25) is 0 Å². The summed E-state index contributed by atoms with van der Waals surface area (Å²) in [7, 11) is 0. The van der Waals surface area contributed by atoms with Crippen LogP contribution in [0.5, 0.6) is 0 Å². The molecule has 0 aliphatic heterocycles. The first-order chi connectivity index (χ1) is 9.45. The average molecular weight is 277 g/mol. The molecule has 1 aromatic carbocycles. The second kappa shape index (κ2) is 5.48. The van der Waals surface area contributed by atoms with Gasteiger partial charge in [0.15, 0.2) is 0 Å². The van der Waals surface area contributed by atoms with Gasteiger partial charge in [-0.2, -0.15) is 0 Å². The number of rotatable bonds is 5. The van der Waals surface area contributed by atoms with Crippen molar-refractivity contribution in [2.24, 2.45) is 0 Å². The van der Waals surface area contributed by atoms with Gasteiger partial charge in [-0.25, -0.2) is 0 Å². The molecule has 0 unspecified atom stereocenters. The molecule has 2 N–H and O–H groups in total. The number of hydrogen-bond acceptors (Lipinski definition) is 4. The molecule has 6 heteroatoms. The van der Waals surface area contributed by atoms with Crippen molar-refractivity contribution < 1.29 is 9.72 Å². The zero-order valence-corrected chi connectivity index (χ0v) is 11.7. The van der Waals surface area contributed by atoms with Crippen molar-refractivity contribution in [2.75, 3.05) is 11.9 Å². The van der Waals surface area contributed by atoms with Crippen LogP contribution in [0.3, 0.4) is 0 Å². The lowest BCUT2D eigenvalue weighted by Crippen LogP contribution is -2.50. The van der Waals surface area contributed by atoms with E-state index in [0.29, 0.717) is 17.8 Å². The van der Waals surface area contributed by atoms with Gasteiger partial charge in [0.25, 0.3) is 11.6 Å². The normalized spacial score (nSPS) is 16.1. The van der Waals surface area contributed by atoms with Crippen LogP contribution in [-0.4, -0.2) is 22.9 Å². The van der Waals surface area contributed by atoms with Crippen molar-refractivity contribution >= 4 is 17.3 Å². The summed E-state index contributed by atoms with van der Waals surface area (Å²) in [5.74, 6) is -0.252. The number of nitrogens with zero attached hydrogens (tertiary/aromatic N) is 1. The van der Waals surface area contributed by atoms with Gasteiger partial charge in [0.05, 0.1) is 4.92 Å². The number of benzene rings is 1. The van der Waals surface area contributed by atoms with Crippen molar-refractivity contribution in [1.29, 1.82) is 0 Å². The molecule has 0 spiro atoms. The van der Waals surface area contributed by atoms with E-state index in [9.17, 15) is 14.9 Å². The van der Waals surface area contributed by atoms with E-state index >= 15 is 0 Å². The van der Waals surface area contributed by atoms with Crippen molar-refractivity contribution in [2.45, 2.75) is 38.6 Å². The standard InChI is InChI=1S/C14H19N3O3/c1-3-15-11-6-5-10(9-12(11)17(19)20)13(18)16-14(2)7-4-8-14/h5-6,9,15H,3-4,7-8H2,1-2H3,(H,16,18). The quantitative estimate of drug-likeness (QED) is 0.640. The first kappa shape index (κ1) is 14.3. The summed E-state index contributed by atoms with van der Waals surface area (Å²) in [4.78, 5) is 22.7. The van der Waals surface area contributed by atoms with Gasteiger partial charge in [0, 0.05) is 23.7 Å². The highest BCUT2D eigenvalue weighted by atomic mass is 16.6. The minimum Gasteiger partial charge on any atom is -0.380 e. The van der Waals surface area contributed by atoms with E-state index in [0.717, 1.165) is 19.3 Å². The number of nitro groups is 1. The van der Waals surface area contributed by atoms with Crippen molar-refractivity contribution in [3.05, 3.63) is 33.9 Å². The summed E-state index contributed by atoms with van der Waals surface area (Å²) in [5, 5.41) is 16.9. The maximum absolute atomic E-state index is 12.1. The molecule has 0 atom stereocenters. The van der Waals surface area contributed by atoms with Gasteiger partial charge >= 0.3 is 0 Å². The lowest BCUT2D eigenvalue weighted by molar-refractivity contribution is -0.384. The third-order valence-corrected chi connectivity index (χ3v) is 3.70. The highest BCUT2D eigenvalue weighted by molar-refractivity contribution is 5.96. The zero-order chi connectivity index (χ0) is 14.8. The Hall–Kier alpha value is -2.11. The summed E-state index contributed by atoms with van der Waals surface area (Å²) < 4.78 is 0. The Morgan fingerprint density at radius 3 is 2.65 bits per heavy atom. The van der Waals surface area contributed by atoms with Crippen LogP contribution in [-0.2, 0) is 0 Å². The maximum atomic E-state index is 12.1. The van der Waals surface area contributed by atoms with E-state index in [1.54, 1.807) is 12.1 Å². The molecule has 0 saturated heterocycles. The molecule has 108 valence electrons. The fourth-order valence-corrected chi connectivity index (χ4v) is 2.34. The molecule has 0 bridgehead atoms. The monoisotopic (exact) mass is 277 g/mol. The van der Waals surface area contributed by atoms with Crippen LogP contribution >= 0.6 is 0 Å². The Labute approximate surface area is 117 Å². The Kier molecular flexibility index (Phi) is 3.92. The summed E-state index contributed by atoms with van der Waals surface area (Å²) in [6.07, 6.45) is 3.02. The van der Waals surface area contributed by atoms with Crippen LogP contribution in [0.4, 0.5) is 11.4 Å².